The number of primary amides is 1. The monoisotopic (exact) mass is 407 g/mol. The Morgan fingerprint density at radius 2 is 1.70 bits per heavy atom. The lowest BCUT2D eigenvalue weighted by atomic mass is 9.97. The van der Waals surface area contributed by atoms with Gasteiger partial charge in [-0.25, -0.2) is 9.97 Å². The van der Waals surface area contributed by atoms with Gasteiger partial charge in [0.15, 0.2) is 5.65 Å². The number of carbonyl (C=O) groups excluding carboxylic acids is 1. The van der Waals surface area contributed by atoms with Crippen molar-refractivity contribution in [3.63, 3.8) is 0 Å². The first-order valence-corrected chi connectivity index (χ1v) is 9.13. The zero-order valence-electron chi connectivity index (χ0n) is 15.6. The molecule has 150 valence electrons. The van der Waals surface area contributed by atoms with E-state index >= 15 is 0 Å². The van der Waals surface area contributed by atoms with Gasteiger partial charge in [-0.05, 0) is 41.0 Å². The number of pyridine rings is 2. The summed E-state index contributed by atoms with van der Waals surface area (Å²) in [5.41, 5.74) is 7.44. The molecule has 1 amide bonds. The van der Waals surface area contributed by atoms with E-state index < -0.39 is 17.6 Å². The molecule has 4 rings (SSSR count). The molecule has 0 unspecified atom stereocenters. The minimum atomic E-state index is -4.44. The van der Waals surface area contributed by atoms with E-state index in [9.17, 15) is 18.0 Å². The fraction of sp³-hybridized carbons (Fsp3) is 0.0870. The number of amides is 1. The molecule has 0 saturated heterocycles. The zero-order valence-corrected chi connectivity index (χ0v) is 15.6. The van der Waals surface area contributed by atoms with Crippen LogP contribution in [0.5, 0.6) is 0 Å². The quantitative estimate of drug-likeness (QED) is 0.517. The number of carbonyl (C=O) groups is 1. The largest absolute Gasteiger partial charge is 0.417 e. The van der Waals surface area contributed by atoms with Crippen molar-refractivity contribution in [2.24, 2.45) is 5.73 Å². The van der Waals surface area contributed by atoms with E-state index in [1.165, 1.54) is 12.1 Å². The van der Waals surface area contributed by atoms with Crippen LogP contribution in [-0.4, -0.2) is 15.9 Å². The first kappa shape index (κ1) is 19.6. The third kappa shape index (κ3) is 3.87. The molecule has 0 spiro atoms. The van der Waals surface area contributed by atoms with Crippen LogP contribution in [0.3, 0.4) is 0 Å². The number of hydrogen-bond acceptors (Lipinski definition) is 3. The average molecular weight is 407 g/mol. The molecule has 2 N–H and O–H groups in total. The summed E-state index contributed by atoms with van der Waals surface area (Å²) in [5, 5.41) is 0.703. The van der Waals surface area contributed by atoms with Crippen molar-refractivity contribution in [3.8, 4) is 11.1 Å². The summed E-state index contributed by atoms with van der Waals surface area (Å²) in [6, 6.07) is 17.3. The minimum absolute atomic E-state index is 0.113. The second-order valence-electron chi connectivity index (χ2n) is 6.81. The first-order valence-electron chi connectivity index (χ1n) is 9.13. The van der Waals surface area contributed by atoms with Crippen molar-refractivity contribution in [1.82, 2.24) is 9.97 Å². The zero-order chi connectivity index (χ0) is 21.3. The van der Waals surface area contributed by atoms with E-state index in [2.05, 4.69) is 9.97 Å². The highest BCUT2D eigenvalue weighted by molar-refractivity contribution is 5.97. The van der Waals surface area contributed by atoms with Gasteiger partial charge in [0.05, 0.1) is 16.8 Å². The highest BCUT2D eigenvalue weighted by Gasteiger charge is 2.33. The van der Waals surface area contributed by atoms with Gasteiger partial charge in [-0.15, -0.1) is 0 Å². The average Bonchev–Trinajstić information content (AvgIpc) is 2.73. The second kappa shape index (κ2) is 7.59. The van der Waals surface area contributed by atoms with Crippen LogP contribution in [0.4, 0.5) is 13.2 Å². The van der Waals surface area contributed by atoms with E-state index in [0.29, 0.717) is 34.3 Å². The van der Waals surface area contributed by atoms with Crippen LogP contribution in [0.2, 0.25) is 0 Å². The van der Waals surface area contributed by atoms with Crippen molar-refractivity contribution in [2.75, 3.05) is 0 Å². The molecular weight excluding hydrogens is 391 g/mol. The number of nitrogens with zero attached hydrogens (tertiary/aromatic N) is 2. The molecule has 4 aromatic rings. The van der Waals surface area contributed by atoms with Gasteiger partial charge in [0.1, 0.15) is 0 Å². The predicted molar refractivity (Wildman–Crippen MR) is 108 cm³/mol. The summed E-state index contributed by atoms with van der Waals surface area (Å²) < 4.78 is 39.9. The third-order valence-electron chi connectivity index (χ3n) is 4.80. The standard InChI is InChI=1S/C23H16F3N3O/c24-23(25,26)19-6-2-1-5-17(19)15-9-7-14(8-10-15)12-20-18(21(27)30)13-16-4-3-11-28-22(16)29-20/h1-11,13H,12H2,(H2,27,30). The van der Waals surface area contributed by atoms with Crippen LogP contribution >= 0.6 is 0 Å². The molecule has 0 aliphatic rings. The summed E-state index contributed by atoms with van der Waals surface area (Å²) in [7, 11) is 0. The Labute approximate surface area is 170 Å². The third-order valence-corrected chi connectivity index (χ3v) is 4.80. The van der Waals surface area contributed by atoms with Crippen molar-refractivity contribution in [3.05, 3.63) is 95.3 Å². The van der Waals surface area contributed by atoms with E-state index in [4.69, 9.17) is 5.73 Å². The lowest BCUT2D eigenvalue weighted by Crippen LogP contribution is -2.15. The Kier molecular flexibility index (Phi) is 4.95. The van der Waals surface area contributed by atoms with E-state index in [1.54, 1.807) is 54.7 Å². The van der Waals surface area contributed by atoms with Gasteiger partial charge < -0.3 is 5.73 Å². The van der Waals surface area contributed by atoms with Crippen LogP contribution in [-0.2, 0) is 12.6 Å². The SMILES string of the molecule is NC(=O)c1cc2cccnc2nc1Cc1ccc(-c2ccccc2C(F)(F)F)cc1. The van der Waals surface area contributed by atoms with Gasteiger partial charge in [-0.3, -0.25) is 4.79 Å². The van der Waals surface area contributed by atoms with Crippen molar-refractivity contribution in [1.29, 1.82) is 0 Å². The molecular formula is C23H16F3N3O. The summed E-state index contributed by atoms with van der Waals surface area (Å²) in [6.45, 7) is 0. The van der Waals surface area contributed by atoms with Crippen LogP contribution < -0.4 is 5.73 Å². The van der Waals surface area contributed by atoms with Crippen LogP contribution in [0.15, 0.2) is 72.9 Å². The van der Waals surface area contributed by atoms with Gasteiger partial charge >= 0.3 is 6.18 Å². The molecule has 0 aliphatic carbocycles. The number of nitrogens with two attached hydrogens (primary N) is 1. The lowest BCUT2D eigenvalue weighted by Gasteiger charge is -2.13. The Morgan fingerprint density at radius 1 is 0.967 bits per heavy atom. The predicted octanol–water partition coefficient (Wildman–Crippen LogP) is 5.01. The van der Waals surface area contributed by atoms with Gasteiger partial charge in [0.25, 0.3) is 5.91 Å². The number of fused-ring (bicyclic) bond motifs is 1. The molecule has 0 bridgehead atoms. The molecule has 0 atom stereocenters. The Hall–Kier alpha value is -3.74. The molecule has 30 heavy (non-hydrogen) atoms. The maximum atomic E-state index is 13.3. The maximum absolute atomic E-state index is 13.3. The van der Waals surface area contributed by atoms with Crippen LogP contribution in [0.25, 0.3) is 22.2 Å². The van der Waals surface area contributed by atoms with Crippen LogP contribution in [0, 0.1) is 0 Å². The van der Waals surface area contributed by atoms with Gasteiger partial charge in [0.2, 0.25) is 0 Å². The summed E-state index contributed by atoms with van der Waals surface area (Å²) in [4.78, 5) is 20.5. The summed E-state index contributed by atoms with van der Waals surface area (Å²) in [5.74, 6) is -0.598. The van der Waals surface area contributed by atoms with Gasteiger partial charge in [0, 0.05) is 18.0 Å². The molecule has 7 heteroatoms. The van der Waals surface area contributed by atoms with Gasteiger partial charge in [-0.2, -0.15) is 13.2 Å². The fourth-order valence-electron chi connectivity index (χ4n) is 3.37. The van der Waals surface area contributed by atoms with Crippen LogP contribution in [0.1, 0.15) is 27.2 Å². The van der Waals surface area contributed by atoms with E-state index in [0.717, 1.165) is 11.6 Å². The summed E-state index contributed by atoms with van der Waals surface area (Å²) >= 11 is 0. The lowest BCUT2D eigenvalue weighted by molar-refractivity contribution is -0.137. The Balaban J connectivity index is 1.69. The molecule has 0 radical (unpaired) electrons. The highest BCUT2D eigenvalue weighted by atomic mass is 19.4. The van der Waals surface area contributed by atoms with E-state index in [-0.39, 0.29) is 5.56 Å². The molecule has 0 fully saturated rings. The number of halogens is 3. The number of rotatable bonds is 4. The molecule has 4 nitrogen and oxygen atoms in total. The van der Waals surface area contributed by atoms with Crippen molar-refractivity contribution >= 4 is 16.9 Å². The molecule has 0 aliphatic heterocycles. The smallest absolute Gasteiger partial charge is 0.366 e. The minimum Gasteiger partial charge on any atom is -0.366 e. The normalized spacial score (nSPS) is 11.6. The van der Waals surface area contributed by atoms with Crippen molar-refractivity contribution in [2.45, 2.75) is 12.6 Å². The number of hydrogen-bond donors (Lipinski definition) is 1. The Bertz CT molecular complexity index is 1230. The number of benzene rings is 2. The highest BCUT2D eigenvalue weighted by Crippen LogP contribution is 2.37. The molecule has 2 aromatic carbocycles. The molecule has 2 aromatic heterocycles. The number of aromatic nitrogens is 2. The first-order chi connectivity index (χ1) is 14.3. The second-order valence-corrected chi connectivity index (χ2v) is 6.81. The number of alkyl halides is 3. The van der Waals surface area contributed by atoms with Gasteiger partial charge in [-0.1, -0.05) is 42.5 Å². The topological polar surface area (TPSA) is 68.9 Å². The van der Waals surface area contributed by atoms with Crippen molar-refractivity contribution < 1.29 is 18.0 Å². The van der Waals surface area contributed by atoms with E-state index in [1.807, 2.05) is 0 Å². The summed E-state index contributed by atoms with van der Waals surface area (Å²) in [6.07, 6.45) is -2.53. The molecule has 0 saturated carbocycles. The Morgan fingerprint density at radius 3 is 2.40 bits per heavy atom. The maximum Gasteiger partial charge on any atom is 0.417 e. The fourth-order valence-corrected chi connectivity index (χ4v) is 3.37. The molecule has 2 heterocycles.